The van der Waals surface area contributed by atoms with Gasteiger partial charge in [-0.1, -0.05) is 59.1 Å². The number of hydrogen-bond acceptors (Lipinski definition) is 5. The Morgan fingerprint density at radius 1 is 1.13 bits per heavy atom. The van der Waals surface area contributed by atoms with Gasteiger partial charge < -0.3 is 14.4 Å². The topological polar surface area (TPSA) is 72.9 Å². The molecule has 0 radical (unpaired) electrons. The molecular formula is C21H24Cl3NO5. The number of fused-ring (bicyclic) bond motifs is 2. The first-order chi connectivity index (χ1) is 14.1. The molecule has 9 heteroatoms. The zero-order chi connectivity index (χ0) is 22.1. The molecule has 4 atom stereocenters. The number of carbonyl (C=O) groups excluding carboxylic acids is 3. The van der Waals surface area contributed by atoms with E-state index in [4.69, 9.17) is 44.3 Å². The molecule has 2 bridgehead atoms. The zero-order valence-electron chi connectivity index (χ0n) is 16.8. The van der Waals surface area contributed by atoms with Gasteiger partial charge >= 0.3 is 12.1 Å². The van der Waals surface area contributed by atoms with E-state index in [0.717, 1.165) is 17.5 Å². The van der Waals surface area contributed by atoms with Crippen molar-refractivity contribution < 1.29 is 23.9 Å². The average Bonchev–Trinajstić information content (AvgIpc) is 2.98. The molecular weight excluding hydrogens is 453 g/mol. The molecule has 1 aromatic carbocycles. The summed E-state index contributed by atoms with van der Waals surface area (Å²) in [6.45, 7) is 1.19. The molecule has 2 saturated heterocycles. The Balaban J connectivity index is 1.83. The molecule has 3 rings (SSSR count). The number of ether oxygens (including phenoxy) is 2. The van der Waals surface area contributed by atoms with Crippen LogP contribution >= 0.6 is 34.8 Å². The van der Waals surface area contributed by atoms with E-state index in [1.54, 1.807) is 11.8 Å². The Labute approximate surface area is 190 Å². The highest BCUT2D eigenvalue weighted by atomic mass is 35.6. The van der Waals surface area contributed by atoms with E-state index >= 15 is 0 Å². The fourth-order valence-electron chi connectivity index (χ4n) is 4.68. The SMILES string of the molecule is COC(=O)C1C(c2ccc(CC(C)=O)cc2)CC2CCC1N2C(=O)OCC(Cl)(Cl)Cl. The number of hydrogen-bond donors (Lipinski definition) is 0. The molecule has 1 amide bonds. The Bertz CT molecular complexity index is 808. The van der Waals surface area contributed by atoms with E-state index in [0.29, 0.717) is 19.3 Å². The van der Waals surface area contributed by atoms with Gasteiger partial charge in [0.1, 0.15) is 12.4 Å². The van der Waals surface area contributed by atoms with Crippen LogP contribution in [0.4, 0.5) is 4.79 Å². The normalized spacial score (nSPS) is 25.7. The van der Waals surface area contributed by atoms with Gasteiger partial charge in [0.05, 0.1) is 13.0 Å². The van der Waals surface area contributed by atoms with Gasteiger partial charge in [0, 0.05) is 24.4 Å². The van der Waals surface area contributed by atoms with Gasteiger partial charge in [-0.3, -0.25) is 9.59 Å². The van der Waals surface area contributed by atoms with E-state index in [1.165, 1.54) is 7.11 Å². The summed E-state index contributed by atoms with van der Waals surface area (Å²) in [5.74, 6) is -0.890. The van der Waals surface area contributed by atoms with Crippen molar-refractivity contribution in [2.75, 3.05) is 13.7 Å². The number of methoxy groups -OCH3 is 1. The number of piperidine rings is 1. The number of nitrogens with zero attached hydrogens (tertiary/aromatic N) is 1. The highest BCUT2D eigenvalue weighted by molar-refractivity contribution is 6.67. The molecule has 2 heterocycles. The number of ketones is 1. The number of halogens is 3. The van der Waals surface area contributed by atoms with Crippen LogP contribution in [0.2, 0.25) is 0 Å². The summed E-state index contributed by atoms with van der Waals surface area (Å²) in [6, 6.07) is 7.31. The van der Waals surface area contributed by atoms with Gasteiger partial charge in [0.25, 0.3) is 0 Å². The number of Topliss-reactive ketones (excluding diaryl/α,β-unsaturated/α-hetero) is 1. The van der Waals surface area contributed by atoms with Crippen LogP contribution < -0.4 is 0 Å². The largest absolute Gasteiger partial charge is 0.469 e. The highest BCUT2D eigenvalue weighted by Gasteiger charge is 2.53. The van der Waals surface area contributed by atoms with Crippen molar-refractivity contribution >= 4 is 52.6 Å². The lowest BCUT2D eigenvalue weighted by Gasteiger charge is -2.43. The predicted octanol–water partition coefficient (Wildman–Crippen LogP) is 4.43. The Hall–Kier alpha value is -1.50. The van der Waals surface area contributed by atoms with Crippen molar-refractivity contribution in [2.45, 2.75) is 54.4 Å². The number of amides is 1. The lowest BCUT2D eigenvalue weighted by atomic mass is 9.76. The van der Waals surface area contributed by atoms with Gasteiger partial charge in [-0.05, 0) is 37.3 Å². The third-order valence-corrected chi connectivity index (χ3v) is 6.15. The maximum absolute atomic E-state index is 12.7. The number of esters is 1. The van der Waals surface area contributed by atoms with Crippen molar-refractivity contribution in [2.24, 2.45) is 5.92 Å². The van der Waals surface area contributed by atoms with Crippen LogP contribution in [0, 0.1) is 5.92 Å². The maximum Gasteiger partial charge on any atom is 0.410 e. The molecule has 0 spiro atoms. The van der Waals surface area contributed by atoms with Crippen LogP contribution in [0.1, 0.15) is 43.2 Å². The smallest absolute Gasteiger partial charge is 0.410 e. The molecule has 2 fully saturated rings. The lowest BCUT2D eigenvalue weighted by molar-refractivity contribution is -0.150. The minimum Gasteiger partial charge on any atom is -0.469 e. The fraction of sp³-hybridized carbons (Fsp3) is 0.571. The summed E-state index contributed by atoms with van der Waals surface area (Å²) in [5.41, 5.74) is 1.92. The zero-order valence-corrected chi connectivity index (χ0v) is 19.0. The van der Waals surface area contributed by atoms with Crippen molar-refractivity contribution in [1.82, 2.24) is 4.90 Å². The molecule has 30 heavy (non-hydrogen) atoms. The molecule has 2 aliphatic rings. The second-order valence-electron chi connectivity index (χ2n) is 7.89. The molecule has 4 unspecified atom stereocenters. The van der Waals surface area contributed by atoms with E-state index in [-0.39, 0.29) is 36.4 Å². The van der Waals surface area contributed by atoms with Crippen molar-refractivity contribution in [3.8, 4) is 0 Å². The van der Waals surface area contributed by atoms with E-state index in [1.807, 2.05) is 24.3 Å². The first kappa shape index (κ1) is 23.2. The molecule has 0 saturated carbocycles. The fourth-order valence-corrected chi connectivity index (χ4v) is 4.84. The molecule has 2 aliphatic heterocycles. The number of alkyl halides is 3. The summed E-state index contributed by atoms with van der Waals surface area (Å²) in [7, 11) is 1.35. The standard InChI is InChI=1S/C21H24Cl3NO5/c1-12(26)9-13-3-5-14(6-4-13)16-10-15-7-8-17(18(16)19(27)29-2)25(15)20(28)30-11-21(22,23)24/h3-6,15-18H,7-11H2,1-2H3. The molecule has 0 N–H and O–H groups in total. The van der Waals surface area contributed by atoms with Crippen LogP contribution in [0.15, 0.2) is 24.3 Å². The lowest BCUT2D eigenvalue weighted by Crippen LogP contribution is -2.53. The van der Waals surface area contributed by atoms with Crippen LogP contribution in [-0.2, 0) is 25.5 Å². The van der Waals surface area contributed by atoms with Gasteiger partial charge in [-0.15, -0.1) is 0 Å². The summed E-state index contributed by atoms with van der Waals surface area (Å²) in [4.78, 5) is 38.4. The molecule has 6 nitrogen and oxygen atoms in total. The third-order valence-electron chi connectivity index (χ3n) is 5.82. The van der Waals surface area contributed by atoms with Gasteiger partial charge in [-0.25, -0.2) is 4.79 Å². The van der Waals surface area contributed by atoms with E-state index < -0.39 is 15.8 Å². The monoisotopic (exact) mass is 475 g/mol. The van der Waals surface area contributed by atoms with Crippen LogP contribution in [-0.4, -0.2) is 52.3 Å². The first-order valence-electron chi connectivity index (χ1n) is 9.78. The average molecular weight is 477 g/mol. The Morgan fingerprint density at radius 3 is 2.37 bits per heavy atom. The van der Waals surface area contributed by atoms with Crippen LogP contribution in [0.3, 0.4) is 0 Å². The van der Waals surface area contributed by atoms with Crippen LogP contribution in [0.25, 0.3) is 0 Å². The Kier molecular flexibility index (Phi) is 7.20. The highest BCUT2D eigenvalue weighted by Crippen LogP contribution is 2.47. The minimum atomic E-state index is -1.70. The Morgan fingerprint density at radius 2 is 1.80 bits per heavy atom. The van der Waals surface area contributed by atoms with Crippen molar-refractivity contribution in [3.05, 3.63) is 35.4 Å². The number of benzene rings is 1. The van der Waals surface area contributed by atoms with Gasteiger partial charge in [0.15, 0.2) is 0 Å². The molecule has 0 aromatic heterocycles. The number of carbonyl (C=O) groups is 3. The predicted molar refractivity (Wildman–Crippen MR) is 114 cm³/mol. The van der Waals surface area contributed by atoms with Crippen molar-refractivity contribution in [3.63, 3.8) is 0 Å². The maximum atomic E-state index is 12.7. The summed E-state index contributed by atoms with van der Waals surface area (Å²) in [5, 5.41) is 0. The third kappa shape index (κ3) is 5.21. The van der Waals surface area contributed by atoms with Crippen molar-refractivity contribution in [1.29, 1.82) is 0 Å². The second-order valence-corrected chi connectivity index (χ2v) is 10.4. The minimum absolute atomic E-state index is 0.0688. The molecule has 1 aromatic rings. The number of rotatable bonds is 5. The van der Waals surface area contributed by atoms with E-state index in [2.05, 4.69) is 0 Å². The second kappa shape index (κ2) is 9.33. The molecule has 164 valence electrons. The summed E-state index contributed by atoms with van der Waals surface area (Å²) < 4.78 is 8.58. The summed E-state index contributed by atoms with van der Waals surface area (Å²) in [6.07, 6.45) is 1.83. The van der Waals surface area contributed by atoms with Crippen LogP contribution in [0.5, 0.6) is 0 Å². The van der Waals surface area contributed by atoms with Gasteiger partial charge in [-0.2, -0.15) is 0 Å². The van der Waals surface area contributed by atoms with Gasteiger partial charge in [0.2, 0.25) is 3.79 Å². The molecule has 0 aliphatic carbocycles. The quantitative estimate of drug-likeness (QED) is 0.464. The summed E-state index contributed by atoms with van der Waals surface area (Å²) >= 11 is 17.1. The van der Waals surface area contributed by atoms with E-state index in [9.17, 15) is 14.4 Å². The first-order valence-corrected chi connectivity index (χ1v) is 10.9.